The lowest BCUT2D eigenvalue weighted by Crippen LogP contribution is -2.18. The van der Waals surface area contributed by atoms with E-state index < -0.39 is 11.5 Å². The number of benzene rings is 1. The molecule has 2 N–H and O–H groups in total. The summed E-state index contributed by atoms with van der Waals surface area (Å²) >= 11 is 0. The van der Waals surface area contributed by atoms with Gasteiger partial charge in [0.1, 0.15) is 18.1 Å². The van der Waals surface area contributed by atoms with Gasteiger partial charge in [-0.25, -0.2) is 0 Å². The number of carboxylic acids is 1. The van der Waals surface area contributed by atoms with Crippen molar-refractivity contribution in [3.05, 3.63) is 53.0 Å². The van der Waals surface area contributed by atoms with Crippen LogP contribution in [-0.2, 0) is 11.2 Å². The number of H-pyrrole nitrogens is 1. The molecule has 22 heavy (non-hydrogen) atoms. The highest BCUT2D eigenvalue weighted by atomic mass is 16.5. The van der Waals surface area contributed by atoms with Crippen LogP contribution in [0.2, 0.25) is 0 Å². The van der Waals surface area contributed by atoms with Crippen LogP contribution in [0, 0.1) is 0 Å². The normalized spacial score (nSPS) is 10.2. The first kappa shape index (κ1) is 15.4. The molecule has 7 heteroatoms. The van der Waals surface area contributed by atoms with E-state index in [9.17, 15) is 9.59 Å². The van der Waals surface area contributed by atoms with Gasteiger partial charge in [-0.1, -0.05) is 24.8 Å². The van der Waals surface area contributed by atoms with Gasteiger partial charge < -0.3 is 14.8 Å². The third kappa shape index (κ3) is 4.02. The second-order valence-corrected chi connectivity index (χ2v) is 4.47. The molecule has 0 saturated heterocycles. The average molecular weight is 301 g/mol. The summed E-state index contributed by atoms with van der Waals surface area (Å²) in [4.78, 5) is 25.0. The Morgan fingerprint density at radius 2 is 2.23 bits per heavy atom. The van der Waals surface area contributed by atoms with Crippen molar-refractivity contribution in [1.29, 1.82) is 0 Å². The Morgan fingerprint density at radius 1 is 1.41 bits per heavy atom. The number of rotatable bonds is 7. The fourth-order valence-corrected chi connectivity index (χ4v) is 1.77. The van der Waals surface area contributed by atoms with Crippen LogP contribution in [0.3, 0.4) is 0 Å². The molecule has 0 radical (unpaired) electrons. The second-order valence-electron chi connectivity index (χ2n) is 4.47. The monoisotopic (exact) mass is 301 g/mol. The molecule has 0 aliphatic rings. The summed E-state index contributed by atoms with van der Waals surface area (Å²) in [6.07, 6.45) is 1.51. The van der Waals surface area contributed by atoms with E-state index in [2.05, 4.69) is 21.8 Å². The smallest absolute Gasteiger partial charge is 0.303 e. The maximum absolute atomic E-state index is 11.9. The van der Waals surface area contributed by atoms with Gasteiger partial charge >= 0.3 is 5.97 Å². The van der Waals surface area contributed by atoms with Gasteiger partial charge in [0, 0.05) is 12.0 Å². The summed E-state index contributed by atoms with van der Waals surface area (Å²) in [6.45, 7) is 3.95. The van der Waals surface area contributed by atoms with Crippen LogP contribution in [0.1, 0.15) is 12.1 Å². The highest BCUT2D eigenvalue weighted by molar-refractivity contribution is 5.67. The lowest BCUT2D eigenvalue weighted by molar-refractivity contribution is -0.136. The highest BCUT2D eigenvalue weighted by Gasteiger charge is 2.09. The van der Waals surface area contributed by atoms with Gasteiger partial charge in [-0.05, 0) is 12.1 Å². The van der Waals surface area contributed by atoms with Crippen LogP contribution in [-0.4, -0.2) is 32.9 Å². The van der Waals surface area contributed by atoms with Crippen LogP contribution in [0.4, 0.5) is 0 Å². The number of carboxylic acid groups (broad SMARTS) is 1. The number of carbonyl (C=O) groups is 1. The molecule has 1 aromatic carbocycles. The van der Waals surface area contributed by atoms with E-state index in [-0.39, 0.29) is 18.5 Å². The molecule has 2 aromatic rings. The molecule has 2 rings (SSSR count). The van der Waals surface area contributed by atoms with Crippen molar-refractivity contribution in [3.63, 3.8) is 0 Å². The topological polar surface area (TPSA) is 105 Å². The van der Waals surface area contributed by atoms with Crippen LogP contribution in [0.15, 0.2) is 41.7 Å². The molecule has 0 fully saturated rings. The van der Waals surface area contributed by atoms with Gasteiger partial charge in [0.05, 0.1) is 6.42 Å². The fraction of sp³-hybridized carbons (Fsp3) is 0.200. The molecule has 1 aromatic heterocycles. The summed E-state index contributed by atoms with van der Waals surface area (Å²) in [5.74, 6) is -0.0690. The summed E-state index contributed by atoms with van der Waals surface area (Å²) < 4.78 is 5.41. The number of aliphatic carboxylic acids is 1. The lowest BCUT2D eigenvalue weighted by atomic mass is 10.2. The number of aromatic amines is 1. The summed E-state index contributed by atoms with van der Waals surface area (Å²) in [6, 6.07) is 7.03. The SMILES string of the molecule is C=CCOc1cccc(-c2nnc(CCC(=O)O)c(=O)[nH]2)c1. The predicted molar refractivity (Wildman–Crippen MR) is 79.7 cm³/mol. The Hall–Kier alpha value is -2.96. The maximum atomic E-state index is 11.9. The average Bonchev–Trinajstić information content (AvgIpc) is 2.52. The summed E-state index contributed by atoms with van der Waals surface area (Å²) in [7, 11) is 0. The Labute approximate surface area is 126 Å². The third-order valence-corrected chi connectivity index (χ3v) is 2.82. The van der Waals surface area contributed by atoms with Crippen molar-refractivity contribution in [2.45, 2.75) is 12.8 Å². The van der Waals surface area contributed by atoms with Gasteiger partial charge in [-0.2, -0.15) is 0 Å². The molecule has 0 amide bonds. The largest absolute Gasteiger partial charge is 0.490 e. The zero-order valence-corrected chi connectivity index (χ0v) is 11.8. The van der Waals surface area contributed by atoms with E-state index in [4.69, 9.17) is 9.84 Å². The molecule has 0 atom stereocenters. The minimum atomic E-state index is -0.989. The Bertz CT molecular complexity index is 740. The minimum Gasteiger partial charge on any atom is -0.490 e. The van der Waals surface area contributed by atoms with Crippen LogP contribution in [0.25, 0.3) is 11.4 Å². The van der Waals surface area contributed by atoms with Crippen LogP contribution < -0.4 is 10.3 Å². The number of hydrogen-bond donors (Lipinski definition) is 2. The minimum absolute atomic E-state index is 0.0421. The van der Waals surface area contributed by atoms with E-state index in [1.165, 1.54) is 0 Å². The maximum Gasteiger partial charge on any atom is 0.303 e. The van der Waals surface area contributed by atoms with Crippen molar-refractivity contribution >= 4 is 5.97 Å². The number of nitrogens with one attached hydrogen (secondary N) is 1. The van der Waals surface area contributed by atoms with Gasteiger partial charge in [-0.15, -0.1) is 10.2 Å². The molecular weight excluding hydrogens is 286 g/mol. The van der Waals surface area contributed by atoms with Gasteiger partial charge in [-0.3, -0.25) is 9.59 Å². The van der Waals surface area contributed by atoms with E-state index in [1.54, 1.807) is 30.3 Å². The van der Waals surface area contributed by atoms with Crippen molar-refractivity contribution < 1.29 is 14.6 Å². The number of aromatic nitrogens is 3. The first-order chi connectivity index (χ1) is 10.6. The molecule has 0 bridgehead atoms. The highest BCUT2D eigenvalue weighted by Crippen LogP contribution is 2.19. The number of hydrogen-bond acceptors (Lipinski definition) is 5. The number of ether oxygens (including phenoxy) is 1. The first-order valence-electron chi connectivity index (χ1n) is 6.62. The van der Waals surface area contributed by atoms with E-state index >= 15 is 0 Å². The molecule has 114 valence electrons. The van der Waals surface area contributed by atoms with E-state index in [0.717, 1.165) is 0 Å². The molecule has 0 aliphatic heterocycles. The van der Waals surface area contributed by atoms with E-state index in [0.29, 0.717) is 23.7 Å². The predicted octanol–water partition coefficient (Wildman–Crippen LogP) is 1.41. The lowest BCUT2D eigenvalue weighted by Gasteiger charge is -2.06. The fourth-order valence-electron chi connectivity index (χ4n) is 1.77. The molecule has 1 heterocycles. The number of aryl methyl sites for hydroxylation is 1. The van der Waals surface area contributed by atoms with Crippen molar-refractivity contribution in [2.24, 2.45) is 0 Å². The second kappa shape index (κ2) is 7.16. The summed E-state index contributed by atoms with van der Waals surface area (Å²) in [5, 5.41) is 16.4. The standard InChI is InChI=1S/C15H15N3O4/c1-2-8-22-11-5-3-4-10(9-11)14-16-15(21)12(17-18-14)6-7-13(19)20/h2-5,9H,1,6-8H2,(H,19,20)(H,16,18,21). The Kier molecular flexibility index (Phi) is 5.02. The Morgan fingerprint density at radius 3 is 2.91 bits per heavy atom. The van der Waals surface area contributed by atoms with Gasteiger partial charge in [0.15, 0.2) is 5.82 Å². The molecule has 0 saturated carbocycles. The molecule has 0 unspecified atom stereocenters. The molecule has 0 spiro atoms. The molecule has 0 aliphatic carbocycles. The van der Waals surface area contributed by atoms with Crippen LogP contribution >= 0.6 is 0 Å². The third-order valence-electron chi connectivity index (χ3n) is 2.82. The zero-order chi connectivity index (χ0) is 15.9. The number of nitrogens with zero attached hydrogens (tertiary/aromatic N) is 2. The van der Waals surface area contributed by atoms with E-state index in [1.807, 2.05) is 0 Å². The zero-order valence-electron chi connectivity index (χ0n) is 11.8. The van der Waals surface area contributed by atoms with Crippen molar-refractivity contribution in [3.8, 4) is 17.1 Å². The molecular formula is C15H15N3O4. The molecule has 7 nitrogen and oxygen atoms in total. The Balaban J connectivity index is 2.22. The first-order valence-corrected chi connectivity index (χ1v) is 6.62. The quantitative estimate of drug-likeness (QED) is 0.749. The van der Waals surface area contributed by atoms with Crippen molar-refractivity contribution in [2.75, 3.05) is 6.61 Å². The van der Waals surface area contributed by atoms with Crippen LogP contribution in [0.5, 0.6) is 5.75 Å². The van der Waals surface area contributed by atoms with Gasteiger partial charge in [0.2, 0.25) is 0 Å². The summed E-state index contributed by atoms with van der Waals surface area (Å²) in [5.41, 5.74) is 0.310. The van der Waals surface area contributed by atoms with Gasteiger partial charge in [0.25, 0.3) is 5.56 Å². The van der Waals surface area contributed by atoms with Crippen molar-refractivity contribution in [1.82, 2.24) is 15.2 Å².